The van der Waals surface area contributed by atoms with Crippen LogP contribution in [0.1, 0.15) is 44.5 Å². The topological polar surface area (TPSA) is 60.2 Å². The number of aliphatic hydroxyl groups is 1. The van der Waals surface area contributed by atoms with Crippen molar-refractivity contribution in [1.82, 2.24) is 9.88 Å². The zero-order valence-electron chi connectivity index (χ0n) is 14.4. The van der Waals surface area contributed by atoms with Crippen molar-refractivity contribution in [2.24, 2.45) is 5.92 Å². The largest absolute Gasteiger partial charge is 0.510 e. The average Bonchev–Trinajstić information content (AvgIpc) is 3.11. The molecule has 0 amide bonds. The first-order valence-electron chi connectivity index (χ1n) is 8.75. The Morgan fingerprint density at radius 3 is 2.83 bits per heavy atom. The molecule has 1 aromatic carbocycles. The van der Waals surface area contributed by atoms with Crippen molar-refractivity contribution in [3.63, 3.8) is 0 Å². The third-order valence-corrected chi connectivity index (χ3v) is 5.77. The van der Waals surface area contributed by atoms with E-state index in [0.717, 1.165) is 28.2 Å². The summed E-state index contributed by atoms with van der Waals surface area (Å²) in [5.41, 5.74) is 1.54. The minimum Gasteiger partial charge on any atom is -0.510 e. The molecule has 0 saturated carbocycles. The van der Waals surface area contributed by atoms with Crippen molar-refractivity contribution in [2.75, 3.05) is 13.1 Å². The van der Waals surface area contributed by atoms with E-state index in [0.29, 0.717) is 23.9 Å². The van der Waals surface area contributed by atoms with Crippen molar-refractivity contribution in [3.8, 4) is 0 Å². The minimum absolute atomic E-state index is 0.282. The van der Waals surface area contributed by atoms with Gasteiger partial charge in [-0.2, -0.15) is 0 Å². The fourth-order valence-electron chi connectivity index (χ4n) is 3.22. The molecular weight excluding hydrogens is 318 g/mol. The van der Waals surface area contributed by atoms with Gasteiger partial charge in [0.1, 0.15) is 16.6 Å². The van der Waals surface area contributed by atoms with Gasteiger partial charge in [0.2, 0.25) is 0 Å². The highest BCUT2D eigenvalue weighted by molar-refractivity contribution is 7.19. The summed E-state index contributed by atoms with van der Waals surface area (Å²) in [6, 6.07) is 7.96. The molecule has 0 bridgehead atoms. The van der Waals surface area contributed by atoms with Gasteiger partial charge in [-0.05, 0) is 24.5 Å². The number of fused-ring (bicyclic) bond motifs is 1. The van der Waals surface area contributed by atoms with E-state index in [9.17, 15) is 5.11 Å². The van der Waals surface area contributed by atoms with Crippen LogP contribution in [0.5, 0.6) is 0 Å². The fraction of sp³-hybridized carbons (Fsp3) is 0.474. The summed E-state index contributed by atoms with van der Waals surface area (Å²) in [7, 11) is 0. The summed E-state index contributed by atoms with van der Waals surface area (Å²) in [5.74, 6) is 1.28. The Balaban J connectivity index is 1.78. The number of aliphatic hydroxyl groups excluding tert-OH is 1. The second kappa shape index (κ2) is 7.34. The van der Waals surface area contributed by atoms with Gasteiger partial charge < -0.3 is 10.0 Å². The molecule has 2 aromatic rings. The van der Waals surface area contributed by atoms with Crippen LogP contribution in [0.2, 0.25) is 0 Å². The Hall–Kier alpha value is -1.88. The van der Waals surface area contributed by atoms with Crippen LogP contribution in [0.15, 0.2) is 30.0 Å². The fourth-order valence-corrected chi connectivity index (χ4v) is 4.26. The summed E-state index contributed by atoms with van der Waals surface area (Å²) in [5, 5.41) is 19.7. The molecule has 24 heavy (non-hydrogen) atoms. The SMILES string of the molecule is CCCC[C@H](CC)CN1CC(O)=C(c2nc3ccccc3s2)C1=N. The predicted octanol–water partition coefficient (Wildman–Crippen LogP) is 5.07. The van der Waals surface area contributed by atoms with Crippen molar-refractivity contribution < 1.29 is 5.11 Å². The van der Waals surface area contributed by atoms with Crippen LogP contribution in [-0.4, -0.2) is 33.9 Å². The number of thiazole rings is 1. The predicted molar refractivity (Wildman–Crippen MR) is 102 cm³/mol. The van der Waals surface area contributed by atoms with Gasteiger partial charge >= 0.3 is 0 Å². The summed E-state index contributed by atoms with van der Waals surface area (Å²) in [6.07, 6.45) is 4.73. The maximum atomic E-state index is 10.4. The lowest BCUT2D eigenvalue weighted by molar-refractivity contribution is 0.298. The lowest BCUT2D eigenvalue weighted by Gasteiger charge is -2.24. The molecule has 1 aromatic heterocycles. The molecule has 2 heterocycles. The number of nitrogens with zero attached hydrogens (tertiary/aromatic N) is 2. The van der Waals surface area contributed by atoms with Crippen molar-refractivity contribution in [1.29, 1.82) is 5.41 Å². The molecule has 3 rings (SSSR count). The number of rotatable bonds is 7. The Morgan fingerprint density at radius 1 is 1.33 bits per heavy atom. The van der Waals surface area contributed by atoms with Crippen LogP contribution < -0.4 is 0 Å². The Morgan fingerprint density at radius 2 is 2.12 bits per heavy atom. The molecule has 0 fully saturated rings. The van der Waals surface area contributed by atoms with E-state index >= 15 is 0 Å². The second-order valence-corrected chi connectivity index (χ2v) is 7.48. The molecule has 0 radical (unpaired) electrons. The highest BCUT2D eigenvalue weighted by atomic mass is 32.1. The van der Waals surface area contributed by atoms with E-state index in [1.165, 1.54) is 19.3 Å². The Labute approximate surface area is 147 Å². The van der Waals surface area contributed by atoms with Gasteiger partial charge in [-0.1, -0.05) is 45.2 Å². The Bertz CT molecular complexity index is 732. The first-order chi connectivity index (χ1) is 11.6. The van der Waals surface area contributed by atoms with E-state index < -0.39 is 0 Å². The lowest BCUT2D eigenvalue weighted by atomic mass is 9.99. The minimum atomic E-state index is 0.282. The van der Waals surface area contributed by atoms with E-state index in [4.69, 9.17) is 5.41 Å². The van der Waals surface area contributed by atoms with Crippen LogP contribution in [0.3, 0.4) is 0 Å². The second-order valence-electron chi connectivity index (χ2n) is 6.45. The zero-order chi connectivity index (χ0) is 17.1. The molecule has 2 N–H and O–H groups in total. The lowest BCUT2D eigenvalue weighted by Crippen LogP contribution is -2.32. The summed E-state index contributed by atoms with van der Waals surface area (Å²) >= 11 is 1.55. The van der Waals surface area contributed by atoms with Crippen LogP contribution in [0.4, 0.5) is 0 Å². The normalized spacial score (nSPS) is 16.4. The van der Waals surface area contributed by atoms with Gasteiger partial charge in [-0.15, -0.1) is 11.3 Å². The summed E-state index contributed by atoms with van der Waals surface area (Å²) < 4.78 is 1.09. The van der Waals surface area contributed by atoms with E-state index in [1.54, 1.807) is 11.3 Å². The van der Waals surface area contributed by atoms with E-state index in [1.807, 2.05) is 29.2 Å². The van der Waals surface area contributed by atoms with E-state index in [2.05, 4.69) is 18.8 Å². The Kier molecular flexibility index (Phi) is 5.19. The molecular formula is C19H25N3OS. The molecule has 1 aliphatic heterocycles. The van der Waals surface area contributed by atoms with Gasteiger partial charge in [-0.3, -0.25) is 5.41 Å². The van der Waals surface area contributed by atoms with Crippen LogP contribution in [0.25, 0.3) is 15.8 Å². The molecule has 0 saturated heterocycles. The first kappa shape index (κ1) is 17.0. The smallest absolute Gasteiger partial charge is 0.135 e. The maximum Gasteiger partial charge on any atom is 0.135 e. The quantitative estimate of drug-likeness (QED) is 0.737. The van der Waals surface area contributed by atoms with Gasteiger partial charge in [0.15, 0.2) is 0 Å². The van der Waals surface area contributed by atoms with E-state index in [-0.39, 0.29) is 5.76 Å². The van der Waals surface area contributed by atoms with Crippen molar-refractivity contribution in [3.05, 3.63) is 35.0 Å². The number of nitrogens with one attached hydrogen (secondary N) is 1. The average molecular weight is 343 g/mol. The molecule has 5 heteroatoms. The molecule has 0 unspecified atom stereocenters. The monoisotopic (exact) mass is 343 g/mol. The van der Waals surface area contributed by atoms with Crippen LogP contribution in [-0.2, 0) is 0 Å². The molecule has 1 atom stereocenters. The van der Waals surface area contributed by atoms with Crippen LogP contribution in [0, 0.1) is 11.3 Å². The third-order valence-electron chi connectivity index (χ3n) is 4.71. The van der Waals surface area contributed by atoms with Crippen molar-refractivity contribution in [2.45, 2.75) is 39.5 Å². The number of hydrogen-bond acceptors (Lipinski definition) is 4. The molecule has 0 aliphatic carbocycles. The maximum absolute atomic E-state index is 10.4. The highest BCUT2D eigenvalue weighted by Crippen LogP contribution is 2.33. The number of unbranched alkanes of at least 4 members (excludes halogenated alkanes) is 1. The number of para-hydroxylation sites is 1. The summed E-state index contributed by atoms with van der Waals surface area (Å²) in [6.45, 7) is 5.70. The van der Waals surface area contributed by atoms with Gasteiger partial charge in [-0.25, -0.2) is 4.98 Å². The number of hydrogen-bond donors (Lipinski definition) is 2. The van der Waals surface area contributed by atoms with Gasteiger partial charge in [0.25, 0.3) is 0 Å². The van der Waals surface area contributed by atoms with Crippen LogP contribution >= 0.6 is 11.3 Å². The summed E-state index contributed by atoms with van der Waals surface area (Å²) in [4.78, 5) is 6.61. The zero-order valence-corrected chi connectivity index (χ0v) is 15.2. The third kappa shape index (κ3) is 3.31. The molecule has 0 spiro atoms. The standard InChI is InChI=1S/C19H25N3OS/c1-3-5-8-13(4-2)11-22-12-15(23)17(18(22)20)19-21-14-9-6-7-10-16(14)24-19/h6-7,9-10,13,20,23H,3-5,8,11-12H2,1-2H3/t13-/m0/s1. The molecule has 128 valence electrons. The first-order valence-corrected chi connectivity index (χ1v) is 9.57. The van der Waals surface area contributed by atoms with Gasteiger partial charge in [0, 0.05) is 6.54 Å². The highest BCUT2D eigenvalue weighted by Gasteiger charge is 2.31. The number of amidine groups is 1. The van der Waals surface area contributed by atoms with Crippen molar-refractivity contribution >= 4 is 33.0 Å². The van der Waals surface area contributed by atoms with Gasteiger partial charge in [0.05, 0.1) is 22.3 Å². The number of aromatic nitrogens is 1. The molecule has 4 nitrogen and oxygen atoms in total. The number of benzene rings is 1. The molecule has 1 aliphatic rings.